The van der Waals surface area contributed by atoms with Crippen LogP contribution in [0.25, 0.3) is 0 Å². The van der Waals surface area contributed by atoms with Crippen molar-refractivity contribution in [1.82, 2.24) is 19.7 Å². The van der Waals surface area contributed by atoms with Crippen LogP contribution >= 0.6 is 0 Å². The number of halogens is 3. The van der Waals surface area contributed by atoms with Crippen LogP contribution in [-0.2, 0) is 11.7 Å². The Bertz CT molecular complexity index is 1000. The summed E-state index contributed by atoms with van der Waals surface area (Å²) in [7, 11) is 0. The van der Waals surface area contributed by atoms with Gasteiger partial charge < -0.3 is 10.6 Å². The zero-order chi connectivity index (χ0) is 20.7. The molecule has 8 nitrogen and oxygen atoms in total. The van der Waals surface area contributed by atoms with Gasteiger partial charge in [-0.15, -0.1) is 0 Å². The van der Waals surface area contributed by atoms with E-state index < -0.39 is 28.4 Å². The Morgan fingerprint density at radius 2 is 1.96 bits per heavy atom. The lowest BCUT2D eigenvalue weighted by Gasteiger charge is -2.19. The third-order valence-corrected chi connectivity index (χ3v) is 4.36. The first-order valence-electron chi connectivity index (χ1n) is 8.45. The number of anilines is 3. The first-order chi connectivity index (χ1) is 12.9. The fraction of sp³-hybridized carbons (Fsp3) is 0.471. The average molecular weight is 393 g/mol. The number of hydrogen-bond acceptors (Lipinski definition) is 7. The summed E-state index contributed by atoms with van der Waals surface area (Å²) in [6.07, 6.45) is -2.42. The normalized spacial score (nSPS) is 15.6. The number of hydrogen-bond donors (Lipinski definition) is 2. The van der Waals surface area contributed by atoms with Crippen LogP contribution in [0.4, 0.5) is 30.8 Å². The maximum atomic E-state index is 13.2. The molecule has 0 bridgehead atoms. The van der Waals surface area contributed by atoms with Crippen molar-refractivity contribution in [2.75, 3.05) is 10.6 Å². The first-order valence-corrected chi connectivity index (χ1v) is 8.45. The minimum atomic E-state index is -4.60. The van der Waals surface area contributed by atoms with E-state index in [-0.39, 0.29) is 17.6 Å². The van der Waals surface area contributed by atoms with Crippen LogP contribution in [0.1, 0.15) is 39.2 Å². The molecule has 1 aliphatic rings. The van der Waals surface area contributed by atoms with Gasteiger partial charge in [0.25, 0.3) is 5.56 Å². The number of rotatable bonds is 5. The van der Waals surface area contributed by atoms with Crippen molar-refractivity contribution >= 4 is 17.6 Å². The molecule has 0 saturated heterocycles. The second-order valence-corrected chi connectivity index (χ2v) is 7.40. The van der Waals surface area contributed by atoms with Gasteiger partial charge in [0.05, 0.1) is 6.07 Å². The van der Waals surface area contributed by atoms with Crippen LogP contribution in [0.2, 0.25) is 0 Å². The molecule has 0 spiro atoms. The Labute approximate surface area is 158 Å². The van der Waals surface area contributed by atoms with E-state index in [0.717, 1.165) is 17.5 Å². The highest BCUT2D eigenvalue weighted by Gasteiger charge is 2.42. The van der Waals surface area contributed by atoms with Crippen LogP contribution in [0.5, 0.6) is 0 Å². The maximum Gasteiger partial charge on any atom is 0.421 e. The van der Waals surface area contributed by atoms with E-state index in [1.807, 2.05) is 13.0 Å². The van der Waals surface area contributed by atoms with Crippen molar-refractivity contribution in [2.24, 2.45) is 0 Å². The molecule has 3 rings (SSSR count). The summed E-state index contributed by atoms with van der Waals surface area (Å²) in [4.78, 5) is 19.6. The molecule has 0 unspecified atom stereocenters. The predicted octanol–water partition coefficient (Wildman–Crippen LogP) is 3.02. The summed E-state index contributed by atoms with van der Waals surface area (Å²) >= 11 is 0. The fourth-order valence-electron chi connectivity index (χ4n) is 2.38. The van der Waals surface area contributed by atoms with Crippen molar-refractivity contribution in [2.45, 2.75) is 50.9 Å². The van der Waals surface area contributed by atoms with E-state index in [4.69, 9.17) is 0 Å². The number of nitrogens with one attached hydrogen (secondary N) is 2. The highest BCUT2D eigenvalue weighted by molar-refractivity contribution is 5.55. The van der Waals surface area contributed by atoms with E-state index in [1.54, 1.807) is 0 Å². The molecule has 28 heavy (non-hydrogen) atoms. The van der Waals surface area contributed by atoms with Gasteiger partial charge >= 0.3 is 6.18 Å². The monoisotopic (exact) mass is 393 g/mol. The van der Waals surface area contributed by atoms with Gasteiger partial charge in [0, 0.05) is 17.8 Å². The van der Waals surface area contributed by atoms with Crippen LogP contribution in [-0.4, -0.2) is 25.3 Å². The van der Waals surface area contributed by atoms with E-state index in [1.165, 1.54) is 26.0 Å². The van der Waals surface area contributed by atoms with E-state index in [2.05, 4.69) is 25.7 Å². The second kappa shape index (κ2) is 6.47. The van der Waals surface area contributed by atoms with Gasteiger partial charge in [-0.05, 0) is 39.7 Å². The molecule has 11 heteroatoms. The largest absolute Gasteiger partial charge is 0.421 e. The summed E-state index contributed by atoms with van der Waals surface area (Å²) in [6, 6.07) is 4.50. The standard InChI is InChI=1S/C17H18F3N7O/c1-15(2,9-21)27-12(28)5-4-11(26-27)23-14-22-8-10(17(18,19)20)13(24-14)25-16(3)6-7-16/h4-5,8H,6-7H2,1-3H3,(H2,22,23,24,25,26). The maximum absolute atomic E-state index is 13.2. The molecule has 1 saturated carbocycles. The Balaban J connectivity index is 1.95. The molecule has 0 radical (unpaired) electrons. The summed E-state index contributed by atoms with van der Waals surface area (Å²) < 4.78 is 40.7. The molecule has 1 fully saturated rings. The highest BCUT2D eigenvalue weighted by Crippen LogP contribution is 2.41. The van der Waals surface area contributed by atoms with Crippen molar-refractivity contribution in [3.05, 3.63) is 34.2 Å². The summed E-state index contributed by atoms with van der Waals surface area (Å²) in [5, 5.41) is 18.7. The van der Waals surface area contributed by atoms with Crippen LogP contribution in [0, 0.1) is 11.3 Å². The van der Waals surface area contributed by atoms with Gasteiger partial charge in [-0.2, -0.15) is 28.5 Å². The molecule has 0 amide bonds. The Morgan fingerprint density at radius 1 is 1.29 bits per heavy atom. The van der Waals surface area contributed by atoms with Crippen LogP contribution in [0.15, 0.2) is 23.1 Å². The van der Waals surface area contributed by atoms with Crippen molar-refractivity contribution in [3.8, 4) is 6.07 Å². The smallest absolute Gasteiger partial charge is 0.364 e. The third kappa shape index (κ3) is 4.05. The minimum Gasteiger partial charge on any atom is -0.364 e. The summed E-state index contributed by atoms with van der Waals surface area (Å²) in [5.41, 5.74) is -3.08. The molecule has 148 valence electrons. The van der Waals surface area contributed by atoms with Crippen molar-refractivity contribution in [3.63, 3.8) is 0 Å². The van der Waals surface area contributed by atoms with Gasteiger partial charge in [0.1, 0.15) is 16.9 Å². The fourth-order valence-corrected chi connectivity index (χ4v) is 2.38. The van der Waals surface area contributed by atoms with Gasteiger partial charge in [0.2, 0.25) is 5.95 Å². The Hall–Kier alpha value is -3.16. The van der Waals surface area contributed by atoms with E-state index in [9.17, 15) is 23.2 Å². The number of aromatic nitrogens is 4. The topological polar surface area (TPSA) is 109 Å². The van der Waals surface area contributed by atoms with Crippen molar-refractivity contribution < 1.29 is 13.2 Å². The lowest BCUT2D eigenvalue weighted by atomic mass is 10.1. The number of nitrogens with zero attached hydrogens (tertiary/aromatic N) is 5. The lowest BCUT2D eigenvalue weighted by molar-refractivity contribution is -0.137. The Morgan fingerprint density at radius 3 is 2.54 bits per heavy atom. The molecular formula is C17H18F3N7O. The molecule has 2 heterocycles. The molecular weight excluding hydrogens is 375 g/mol. The van der Waals surface area contributed by atoms with E-state index in [0.29, 0.717) is 6.20 Å². The Kier molecular flexibility index (Phi) is 4.53. The third-order valence-electron chi connectivity index (χ3n) is 4.36. The predicted molar refractivity (Wildman–Crippen MR) is 95.0 cm³/mol. The van der Waals surface area contributed by atoms with E-state index >= 15 is 0 Å². The zero-order valence-electron chi connectivity index (χ0n) is 15.4. The van der Waals surface area contributed by atoms with Gasteiger partial charge in [-0.25, -0.2) is 9.67 Å². The minimum absolute atomic E-state index is 0.117. The van der Waals surface area contributed by atoms with Crippen LogP contribution in [0.3, 0.4) is 0 Å². The van der Waals surface area contributed by atoms with Crippen molar-refractivity contribution in [1.29, 1.82) is 5.26 Å². The number of alkyl halides is 3. The SMILES string of the molecule is CC1(Nc2nc(Nc3ccc(=O)n(C(C)(C)C#N)n3)ncc2C(F)(F)F)CC1. The summed E-state index contributed by atoms with van der Waals surface area (Å²) in [6.45, 7) is 4.83. The molecule has 0 aromatic carbocycles. The molecule has 2 aromatic rings. The first kappa shape index (κ1) is 19.6. The van der Waals surface area contributed by atoms with Gasteiger partial charge in [-0.3, -0.25) is 4.79 Å². The summed E-state index contributed by atoms with van der Waals surface area (Å²) in [5.74, 6) is -0.325. The van der Waals surface area contributed by atoms with Gasteiger partial charge in [0.15, 0.2) is 5.82 Å². The van der Waals surface area contributed by atoms with Gasteiger partial charge in [-0.1, -0.05) is 0 Å². The second-order valence-electron chi connectivity index (χ2n) is 7.40. The molecule has 0 atom stereocenters. The molecule has 0 aliphatic heterocycles. The number of nitriles is 1. The molecule has 2 N–H and O–H groups in total. The molecule has 2 aromatic heterocycles. The average Bonchev–Trinajstić information content (AvgIpc) is 3.32. The van der Waals surface area contributed by atoms with Crippen LogP contribution < -0.4 is 16.2 Å². The zero-order valence-corrected chi connectivity index (χ0v) is 15.4. The highest BCUT2D eigenvalue weighted by atomic mass is 19.4. The quantitative estimate of drug-likeness (QED) is 0.804. The molecule has 1 aliphatic carbocycles. The lowest BCUT2D eigenvalue weighted by Crippen LogP contribution is -2.37.